The van der Waals surface area contributed by atoms with E-state index in [-0.39, 0.29) is 40.1 Å². The van der Waals surface area contributed by atoms with Crippen LogP contribution in [-0.4, -0.2) is 99.1 Å². The first-order valence-electron chi connectivity index (χ1n) is 17.1. The summed E-state index contributed by atoms with van der Waals surface area (Å²) in [7, 11) is 2.12. The van der Waals surface area contributed by atoms with Crippen molar-refractivity contribution < 1.29 is 9.18 Å². The molecule has 0 bridgehead atoms. The van der Waals surface area contributed by atoms with Gasteiger partial charge in [-0.05, 0) is 63.9 Å². The van der Waals surface area contributed by atoms with E-state index in [1.165, 1.54) is 12.1 Å². The minimum atomic E-state index is -0.506. The lowest BCUT2D eigenvalue weighted by molar-refractivity contribution is -0.126. The topological polar surface area (TPSA) is 104 Å². The fourth-order valence-corrected chi connectivity index (χ4v) is 7.36. The number of aromatic nitrogens is 5. The summed E-state index contributed by atoms with van der Waals surface area (Å²) in [6.07, 6.45) is 5.20. The van der Waals surface area contributed by atoms with Gasteiger partial charge in [0.15, 0.2) is 5.65 Å². The summed E-state index contributed by atoms with van der Waals surface area (Å²) in [6.45, 7) is 10.5. The van der Waals surface area contributed by atoms with Crippen molar-refractivity contribution in [3.63, 3.8) is 0 Å². The molecule has 4 fully saturated rings. The van der Waals surface area contributed by atoms with E-state index in [2.05, 4.69) is 23.4 Å². The fraction of sp³-hybridized carbons (Fsp3) is 0.444. The number of benzene rings is 1. The summed E-state index contributed by atoms with van der Waals surface area (Å²) in [6, 6.07) is 7.94. The summed E-state index contributed by atoms with van der Waals surface area (Å²) >= 11 is 6.92. The Labute approximate surface area is 289 Å². The highest BCUT2D eigenvalue weighted by atomic mass is 35.5. The van der Waals surface area contributed by atoms with E-state index in [1.807, 2.05) is 11.8 Å². The van der Waals surface area contributed by atoms with Crippen LogP contribution in [0, 0.1) is 5.82 Å². The monoisotopic (exact) mass is 683 g/mol. The minimum Gasteiger partial charge on any atom is -0.350 e. The summed E-state index contributed by atoms with van der Waals surface area (Å²) in [5.41, 5.74) is 2.64. The lowest BCUT2D eigenvalue weighted by Gasteiger charge is -2.40. The molecule has 11 nitrogen and oxygen atoms in total. The molecule has 5 heterocycles. The summed E-state index contributed by atoms with van der Waals surface area (Å²) in [5.74, 6) is 0.924. The van der Waals surface area contributed by atoms with Gasteiger partial charge in [0.1, 0.15) is 11.6 Å². The first kappa shape index (κ1) is 31.8. The number of amides is 1. The highest BCUT2D eigenvalue weighted by Crippen LogP contribution is 2.49. The summed E-state index contributed by atoms with van der Waals surface area (Å²) < 4.78 is 16.8. The number of carbonyl (C=O) groups excluding carboxylic acids is 1. The fourth-order valence-electron chi connectivity index (χ4n) is 7.11. The molecule has 0 N–H and O–H groups in total. The largest absolute Gasteiger partial charge is 0.355 e. The van der Waals surface area contributed by atoms with Gasteiger partial charge in [-0.25, -0.2) is 28.7 Å². The lowest BCUT2D eigenvalue weighted by Crippen LogP contribution is -2.54. The van der Waals surface area contributed by atoms with E-state index in [1.54, 1.807) is 33.7 Å². The number of halogens is 2. The summed E-state index contributed by atoms with van der Waals surface area (Å²) in [5, 5.41) is 0.803. The smallest absolute Gasteiger partial charge is 0.350 e. The van der Waals surface area contributed by atoms with Gasteiger partial charge in [0.2, 0.25) is 11.9 Å². The number of hydrogen-bond donors (Lipinski definition) is 0. The standard InChI is InChI=1S/C36H39ClFN9O2/c1-4-28(48)45-17-18-46(21(2)20-45)33-25-19-26(37)31(24-7-5-6-8-27(24)38)39-34(25)47(36(49)42-33)32-29(22-9-10-22)40-35(41-30(32)23-11-12-23)44-15-13-43(3)14-16-44/h4-8,19,21-23H,1,9-18,20H2,2-3H3/t21-/m0/s1. The van der Waals surface area contributed by atoms with Crippen LogP contribution in [0.3, 0.4) is 0 Å². The quantitative estimate of drug-likeness (QED) is 0.255. The average Bonchev–Trinajstić information content (AvgIpc) is 4.03. The predicted octanol–water partition coefficient (Wildman–Crippen LogP) is 4.76. The highest BCUT2D eigenvalue weighted by Gasteiger charge is 2.39. The molecule has 13 heteroatoms. The molecule has 1 atom stereocenters. The molecule has 49 heavy (non-hydrogen) atoms. The van der Waals surface area contributed by atoms with Crippen molar-refractivity contribution in [1.29, 1.82) is 0 Å². The molecule has 2 saturated heterocycles. The van der Waals surface area contributed by atoms with E-state index in [4.69, 9.17) is 31.5 Å². The lowest BCUT2D eigenvalue weighted by atomic mass is 10.1. The van der Waals surface area contributed by atoms with Crippen molar-refractivity contribution in [2.45, 2.75) is 50.5 Å². The third-order valence-electron chi connectivity index (χ3n) is 10.2. The maximum Gasteiger partial charge on any atom is 0.355 e. The number of fused-ring (bicyclic) bond motifs is 1. The molecule has 0 unspecified atom stereocenters. The molecule has 2 aliphatic heterocycles. The van der Waals surface area contributed by atoms with Crippen LogP contribution in [0.25, 0.3) is 28.0 Å². The van der Waals surface area contributed by atoms with Gasteiger partial charge in [0, 0.05) is 69.3 Å². The Balaban J connectivity index is 1.36. The number of carbonyl (C=O) groups is 1. The van der Waals surface area contributed by atoms with Gasteiger partial charge in [0.05, 0.1) is 33.2 Å². The SMILES string of the molecule is C=CC(=O)N1CCN(c2nc(=O)n(-c3c(C4CC4)nc(N4CCN(C)CC4)nc3C3CC3)c3nc(-c4ccccc4F)c(Cl)cc23)[C@@H](C)C1. The number of hydrogen-bond acceptors (Lipinski definition) is 9. The molecule has 4 aromatic rings. The van der Waals surface area contributed by atoms with Crippen molar-refractivity contribution >= 4 is 40.3 Å². The van der Waals surface area contributed by atoms with Crippen LogP contribution in [0.15, 0.2) is 47.8 Å². The minimum absolute atomic E-state index is 0.140. The molecule has 4 aliphatic rings. The van der Waals surface area contributed by atoms with Gasteiger partial charge in [-0.15, -0.1) is 0 Å². The van der Waals surface area contributed by atoms with Crippen LogP contribution in [0.2, 0.25) is 5.02 Å². The third kappa shape index (κ3) is 5.84. The van der Waals surface area contributed by atoms with E-state index >= 15 is 4.39 Å². The number of rotatable bonds is 7. The van der Waals surface area contributed by atoms with Crippen LogP contribution in [0.4, 0.5) is 16.2 Å². The molecule has 8 rings (SSSR count). The number of anilines is 2. The second kappa shape index (κ2) is 12.5. The van der Waals surface area contributed by atoms with Gasteiger partial charge >= 0.3 is 5.69 Å². The van der Waals surface area contributed by atoms with Gasteiger partial charge in [-0.3, -0.25) is 4.79 Å². The van der Waals surface area contributed by atoms with Crippen LogP contribution < -0.4 is 15.5 Å². The van der Waals surface area contributed by atoms with Gasteiger partial charge < -0.3 is 19.6 Å². The molecule has 0 radical (unpaired) electrons. The number of nitrogens with zero attached hydrogens (tertiary/aromatic N) is 9. The Kier molecular flexibility index (Phi) is 8.10. The molecular formula is C36H39ClFN9O2. The summed E-state index contributed by atoms with van der Waals surface area (Å²) in [4.78, 5) is 55.4. The zero-order chi connectivity index (χ0) is 34.0. The molecule has 3 aromatic heterocycles. The molecular weight excluding hydrogens is 645 g/mol. The Hall–Kier alpha value is -4.42. The number of likely N-dealkylation sites (N-methyl/N-ethyl adjacent to an activating group) is 1. The maximum absolute atomic E-state index is 15.3. The van der Waals surface area contributed by atoms with Crippen molar-refractivity contribution in [1.82, 2.24) is 34.3 Å². The third-order valence-corrected chi connectivity index (χ3v) is 10.5. The average molecular weight is 684 g/mol. The van der Waals surface area contributed by atoms with Crippen molar-refractivity contribution in [2.75, 3.05) is 62.7 Å². The molecule has 1 aromatic carbocycles. The number of pyridine rings is 1. The molecule has 2 aliphatic carbocycles. The second-order valence-corrected chi connectivity index (χ2v) is 14.1. The molecule has 0 spiro atoms. The maximum atomic E-state index is 15.3. The zero-order valence-electron chi connectivity index (χ0n) is 27.8. The van der Waals surface area contributed by atoms with E-state index in [9.17, 15) is 9.59 Å². The zero-order valence-corrected chi connectivity index (χ0v) is 28.5. The van der Waals surface area contributed by atoms with Crippen LogP contribution in [0.1, 0.15) is 55.8 Å². The first-order valence-corrected chi connectivity index (χ1v) is 17.5. The molecule has 254 valence electrons. The molecule has 2 saturated carbocycles. The Morgan fingerprint density at radius 2 is 1.63 bits per heavy atom. The van der Waals surface area contributed by atoms with Crippen molar-refractivity contribution in [3.8, 4) is 16.9 Å². The van der Waals surface area contributed by atoms with Crippen molar-refractivity contribution in [3.05, 3.63) is 75.7 Å². The highest BCUT2D eigenvalue weighted by molar-refractivity contribution is 6.33. The van der Waals surface area contributed by atoms with Crippen LogP contribution in [0.5, 0.6) is 0 Å². The van der Waals surface area contributed by atoms with E-state index < -0.39 is 11.5 Å². The normalized spacial score (nSPS) is 20.2. The van der Waals surface area contributed by atoms with E-state index in [0.29, 0.717) is 48.1 Å². The van der Waals surface area contributed by atoms with Gasteiger partial charge in [0.25, 0.3) is 0 Å². The predicted molar refractivity (Wildman–Crippen MR) is 188 cm³/mol. The Morgan fingerprint density at radius 1 is 0.959 bits per heavy atom. The number of piperazine rings is 2. The van der Waals surface area contributed by atoms with Gasteiger partial charge in [-0.1, -0.05) is 30.3 Å². The van der Waals surface area contributed by atoms with Crippen LogP contribution in [-0.2, 0) is 4.79 Å². The first-order chi connectivity index (χ1) is 23.7. The second-order valence-electron chi connectivity index (χ2n) is 13.7. The molecule has 1 amide bonds. The Morgan fingerprint density at radius 3 is 2.24 bits per heavy atom. The van der Waals surface area contributed by atoms with Crippen LogP contribution >= 0.6 is 11.6 Å². The van der Waals surface area contributed by atoms with Crippen molar-refractivity contribution in [2.24, 2.45) is 0 Å². The Bertz CT molecular complexity index is 2000. The van der Waals surface area contributed by atoms with Gasteiger partial charge in [-0.2, -0.15) is 4.98 Å². The van der Waals surface area contributed by atoms with E-state index in [0.717, 1.165) is 63.3 Å².